The van der Waals surface area contributed by atoms with Crippen LogP contribution in [0.1, 0.15) is 6.92 Å². The molecule has 1 aliphatic heterocycles. The van der Waals surface area contributed by atoms with E-state index in [4.69, 9.17) is 4.74 Å². The Bertz CT molecular complexity index is 370. The first-order valence-corrected chi connectivity index (χ1v) is 5.52. The van der Waals surface area contributed by atoms with Crippen molar-refractivity contribution < 1.29 is 9.13 Å². The average molecular weight is 224 g/mol. The van der Waals surface area contributed by atoms with E-state index < -0.39 is 0 Å². The van der Waals surface area contributed by atoms with Gasteiger partial charge in [0.1, 0.15) is 11.6 Å². The Morgan fingerprint density at radius 2 is 2.25 bits per heavy atom. The first-order chi connectivity index (χ1) is 7.70. The van der Waals surface area contributed by atoms with Gasteiger partial charge in [-0.15, -0.1) is 0 Å². The molecule has 0 amide bonds. The van der Waals surface area contributed by atoms with Gasteiger partial charge in [-0.1, -0.05) is 0 Å². The SMILES string of the molecule is COc1cc(F)cc(N2CCNC[C@H]2C)c1. The van der Waals surface area contributed by atoms with Crippen LogP contribution in [0.2, 0.25) is 0 Å². The van der Waals surface area contributed by atoms with Crippen LogP contribution in [-0.2, 0) is 0 Å². The number of hydrogen-bond acceptors (Lipinski definition) is 3. The fraction of sp³-hybridized carbons (Fsp3) is 0.500. The second kappa shape index (κ2) is 4.70. The third-order valence-corrected chi connectivity index (χ3v) is 2.92. The lowest BCUT2D eigenvalue weighted by Gasteiger charge is -2.36. The lowest BCUT2D eigenvalue weighted by molar-refractivity contribution is 0.410. The zero-order chi connectivity index (χ0) is 11.5. The Kier molecular flexibility index (Phi) is 3.29. The predicted octanol–water partition coefficient (Wildman–Crippen LogP) is 1.63. The average Bonchev–Trinajstić information content (AvgIpc) is 2.28. The second-order valence-corrected chi connectivity index (χ2v) is 4.10. The summed E-state index contributed by atoms with van der Waals surface area (Å²) >= 11 is 0. The molecule has 1 atom stereocenters. The van der Waals surface area contributed by atoms with Crippen molar-refractivity contribution in [1.29, 1.82) is 0 Å². The number of anilines is 1. The van der Waals surface area contributed by atoms with Crippen molar-refractivity contribution in [3.05, 3.63) is 24.0 Å². The van der Waals surface area contributed by atoms with Gasteiger partial charge in [0.2, 0.25) is 0 Å². The van der Waals surface area contributed by atoms with Gasteiger partial charge in [-0.2, -0.15) is 0 Å². The van der Waals surface area contributed by atoms with Crippen molar-refractivity contribution in [2.24, 2.45) is 0 Å². The summed E-state index contributed by atoms with van der Waals surface area (Å²) in [4.78, 5) is 2.20. The quantitative estimate of drug-likeness (QED) is 0.826. The van der Waals surface area contributed by atoms with Gasteiger partial charge in [-0.05, 0) is 13.0 Å². The number of halogens is 1. The molecule has 0 radical (unpaired) electrons. The molecular formula is C12H17FN2O. The van der Waals surface area contributed by atoms with Gasteiger partial charge in [0, 0.05) is 43.5 Å². The first-order valence-electron chi connectivity index (χ1n) is 5.52. The van der Waals surface area contributed by atoms with Gasteiger partial charge in [0.05, 0.1) is 7.11 Å². The molecule has 1 N–H and O–H groups in total. The lowest BCUT2D eigenvalue weighted by atomic mass is 10.1. The van der Waals surface area contributed by atoms with Crippen LogP contribution in [0.5, 0.6) is 5.75 Å². The van der Waals surface area contributed by atoms with Crippen LogP contribution < -0.4 is 15.0 Å². The molecule has 1 aromatic carbocycles. The smallest absolute Gasteiger partial charge is 0.128 e. The van der Waals surface area contributed by atoms with Crippen molar-refractivity contribution in [1.82, 2.24) is 5.32 Å². The predicted molar refractivity (Wildman–Crippen MR) is 62.6 cm³/mol. The van der Waals surface area contributed by atoms with E-state index in [2.05, 4.69) is 17.1 Å². The molecule has 0 aromatic heterocycles. The van der Waals surface area contributed by atoms with Gasteiger partial charge >= 0.3 is 0 Å². The Hall–Kier alpha value is -1.29. The minimum absolute atomic E-state index is 0.250. The lowest BCUT2D eigenvalue weighted by Crippen LogP contribution is -2.49. The van der Waals surface area contributed by atoms with Crippen LogP contribution in [0.3, 0.4) is 0 Å². The number of ether oxygens (including phenoxy) is 1. The van der Waals surface area contributed by atoms with E-state index in [0.717, 1.165) is 25.3 Å². The summed E-state index contributed by atoms with van der Waals surface area (Å²) in [5, 5.41) is 3.31. The minimum Gasteiger partial charge on any atom is -0.497 e. The summed E-state index contributed by atoms with van der Waals surface area (Å²) in [5.74, 6) is 0.320. The zero-order valence-electron chi connectivity index (χ0n) is 9.66. The van der Waals surface area contributed by atoms with Crippen molar-refractivity contribution >= 4 is 5.69 Å². The van der Waals surface area contributed by atoms with Crippen LogP contribution in [0.25, 0.3) is 0 Å². The van der Waals surface area contributed by atoms with Crippen LogP contribution in [0.4, 0.5) is 10.1 Å². The Balaban J connectivity index is 2.27. The summed E-state index contributed by atoms with van der Waals surface area (Å²) in [5.41, 5.74) is 0.894. The number of piperazine rings is 1. The van der Waals surface area contributed by atoms with Crippen molar-refractivity contribution in [3.63, 3.8) is 0 Å². The molecule has 0 unspecified atom stereocenters. The minimum atomic E-state index is -0.250. The molecule has 0 bridgehead atoms. The molecule has 1 saturated heterocycles. The normalized spacial score (nSPS) is 20.9. The molecule has 0 spiro atoms. The highest BCUT2D eigenvalue weighted by atomic mass is 19.1. The molecule has 1 fully saturated rings. The van der Waals surface area contributed by atoms with Crippen molar-refractivity contribution in [2.45, 2.75) is 13.0 Å². The van der Waals surface area contributed by atoms with E-state index in [-0.39, 0.29) is 5.82 Å². The number of nitrogens with one attached hydrogen (secondary N) is 1. The van der Waals surface area contributed by atoms with E-state index in [9.17, 15) is 4.39 Å². The Morgan fingerprint density at radius 3 is 2.94 bits per heavy atom. The summed E-state index contributed by atoms with van der Waals surface area (Å²) in [7, 11) is 1.56. The third kappa shape index (κ3) is 2.27. The highest BCUT2D eigenvalue weighted by Gasteiger charge is 2.19. The Labute approximate surface area is 95.2 Å². The van der Waals surface area contributed by atoms with E-state index in [0.29, 0.717) is 11.8 Å². The summed E-state index contributed by atoms with van der Waals surface area (Å²) in [6.45, 7) is 4.89. The van der Waals surface area contributed by atoms with E-state index >= 15 is 0 Å². The maximum absolute atomic E-state index is 13.4. The molecular weight excluding hydrogens is 207 g/mol. The maximum Gasteiger partial charge on any atom is 0.128 e. The largest absolute Gasteiger partial charge is 0.497 e. The molecule has 3 nitrogen and oxygen atoms in total. The maximum atomic E-state index is 13.4. The number of hydrogen-bond donors (Lipinski definition) is 1. The highest BCUT2D eigenvalue weighted by molar-refractivity contribution is 5.52. The Morgan fingerprint density at radius 1 is 1.44 bits per heavy atom. The van der Waals surface area contributed by atoms with Gasteiger partial charge < -0.3 is 15.0 Å². The van der Waals surface area contributed by atoms with Crippen LogP contribution in [0.15, 0.2) is 18.2 Å². The highest BCUT2D eigenvalue weighted by Crippen LogP contribution is 2.25. The number of nitrogens with zero attached hydrogens (tertiary/aromatic N) is 1. The molecule has 0 aliphatic carbocycles. The van der Waals surface area contributed by atoms with Crippen LogP contribution >= 0.6 is 0 Å². The third-order valence-electron chi connectivity index (χ3n) is 2.92. The summed E-state index contributed by atoms with van der Waals surface area (Å²) < 4.78 is 18.5. The molecule has 0 saturated carbocycles. The van der Waals surface area contributed by atoms with E-state index in [1.807, 2.05) is 6.07 Å². The van der Waals surface area contributed by atoms with Gasteiger partial charge in [0.25, 0.3) is 0 Å². The molecule has 88 valence electrons. The monoisotopic (exact) mass is 224 g/mol. The topological polar surface area (TPSA) is 24.5 Å². The van der Waals surface area contributed by atoms with E-state index in [1.165, 1.54) is 6.07 Å². The summed E-state index contributed by atoms with van der Waals surface area (Å²) in [6.07, 6.45) is 0. The molecule has 4 heteroatoms. The van der Waals surface area contributed by atoms with Crippen molar-refractivity contribution in [2.75, 3.05) is 31.6 Å². The fourth-order valence-corrected chi connectivity index (χ4v) is 2.06. The van der Waals surface area contributed by atoms with Crippen molar-refractivity contribution in [3.8, 4) is 5.75 Å². The van der Waals surface area contributed by atoms with Gasteiger partial charge in [0.15, 0.2) is 0 Å². The molecule has 2 rings (SSSR count). The number of benzene rings is 1. The van der Waals surface area contributed by atoms with Crippen LogP contribution in [0, 0.1) is 5.82 Å². The number of rotatable bonds is 2. The van der Waals surface area contributed by atoms with Gasteiger partial charge in [-0.3, -0.25) is 0 Å². The molecule has 16 heavy (non-hydrogen) atoms. The zero-order valence-corrected chi connectivity index (χ0v) is 9.66. The molecule has 1 aromatic rings. The summed E-state index contributed by atoms with van der Waals surface area (Å²) in [6, 6.07) is 5.21. The van der Waals surface area contributed by atoms with E-state index in [1.54, 1.807) is 13.2 Å². The second-order valence-electron chi connectivity index (χ2n) is 4.10. The molecule has 1 aliphatic rings. The first kappa shape index (κ1) is 11.2. The molecule has 1 heterocycles. The standard InChI is InChI=1S/C12H17FN2O/c1-9-8-14-3-4-15(9)11-5-10(13)6-12(7-11)16-2/h5-7,9,14H,3-4,8H2,1-2H3/t9-/m1/s1. The fourth-order valence-electron chi connectivity index (χ4n) is 2.06. The number of methoxy groups -OCH3 is 1. The van der Waals surface area contributed by atoms with Crippen LogP contribution in [-0.4, -0.2) is 32.8 Å². The van der Waals surface area contributed by atoms with Gasteiger partial charge in [-0.25, -0.2) is 4.39 Å².